The minimum Gasteiger partial charge on any atom is -0.488 e. The van der Waals surface area contributed by atoms with E-state index in [4.69, 9.17) is 10.5 Å². The van der Waals surface area contributed by atoms with Crippen LogP contribution in [0.1, 0.15) is 37.0 Å². The zero-order chi connectivity index (χ0) is 14.9. The van der Waals surface area contributed by atoms with Crippen molar-refractivity contribution in [1.82, 2.24) is 0 Å². The third-order valence-corrected chi connectivity index (χ3v) is 3.70. The number of ether oxygens (including phenoxy) is 1. The van der Waals surface area contributed by atoms with Crippen LogP contribution in [-0.4, -0.2) is 5.54 Å². The first-order chi connectivity index (χ1) is 10.0. The summed E-state index contributed by atoms with van der Waals surface area (Å²) >= 11 is 0. The number of nitrogens with two attached hydrogens (primary N) is 1. The van der Waals surface area contributed by atoms with Gasteiger partial charge in [0.1, 0.15) is 12.4 Å². The molecule has 1 aliphatic rings. The van der Waals surface area contributed by atoms with Gasteiger partial charge in [0, 0.05) is 11.1 Å². The smallest absolute Gasteiger partial charge is 0.127 e. The van der Waals surface area contributed by atoms with Crippen molar-refractivity contribution in [2.24, 2.45) is 5.73 Å². The average molecular weight is 279 g/mol. The number of fused-ring (bicyclic) bond motifs is 2. The van der Waals surface area contributed by atoms with Gasteiger partial charge in [-0.3, -0.25) is 0 Å². The highest BCUT2D eigenvalue weighted by Crippen LogP contribution is 2.37. The Kier molecular flexibility index (Phi) is 3.56. The molecule has 0 fully saturated rings. The third-order valence-electron chi connectivity index (χ3n) is 3.70. The molecule has 2 heteroatoms. The molecule has 0 amide bonds. The fourth-order valence-corrected chi connectivity index (χ4v) is 2.61. The van der Waals surface area contributed by atoms with Crippen molar-refractivity contribution < 1.29 is 4.74 Å². The first-order valence-corrected chi connectivity index (χ1v) is 7.34. The summed E-state index contributed by atoms with van der Waals surface area (Å²) in [7, 11) is 0. The van der Waals surface area contributed by atoms with Gasteiger partial charge in [0.05, 0.1) is 0 Å². The van der Waals surface area contributed by atoms with Crippen molar-refractivity contribution in [2.45, 2.75) is 32.4 Å². The van der Waals surface area contributed by atoms with Crippen LogP contribution in [0.2, 0.25) is 0 Å². The van der Waals surface area contributed by atoms with Gasteiger partial charge in [-0.1, -0.05) is 48.5 Å². The van der Waals surface area contributed by atoms with Gasteiger partial charge >= 0.3 is 0 Å². The monoisotopic (exact) mass is 279 g/mol. The van der Waals surface area contributed by atoms with Gasteiger partial charge in [-0.15, -0.1) is 0 Å². The Balaban J connectivity index is 2.16. The maximum Gasteiger partial charge on any atom is 0.127 e. The summed E-state index contributed by atoms with van der Waals surface area (Å²) in [6, 6.07) is 16.6. The molecule has 0 radical (unpaired) electrons. The van der Waals surface area contributed by atoms with Gasteiger partial charge in [-0.25, -0.2) is 0 Å². The van der Waals surface area contributed by atoms with E-state index < -0.39 is 0 Å². The van der Waals surface area contributed by atoms with Gasteiger partial charge in [0.2, 0.25) is 0 Å². The Morgan fingerprint density at radius 3 is 2.48 bits per heavy atom. The summed E-state index contributed by atoms with van der Waals surface area (Å²) in [6.45, 7) is 4.71. The molecular formula is C19H21NO. The van der Waals surface area contributed by atoms with Crippen LogP contribution in [0.4, 0.5) is 0 Å². The molecule has 0 bridgehead atoms. The lowest BCUT2D eigenvalue weighted by atomic mass is 9.91. The Morgan fingerprint density at radius 1 is 1.05 bits per heavy atom. The molecule has 0 aliphatic carbocycles. The largest absolute Gasteiger partial charge is 0.488 e. The second-order valence-electron chi connectivity index (χ2n) is 6.25. The summed E-state index contributed by atoms with van der Waals surface area (Å²) < 4.78 is 5.97. The quantitative estimate of drug-likeness (QED) is 0.896. The number of hydrogen-bond acceptors (Lipinski definition) is 2. The van der Waals surface area contributed by atoms with E-state index >= 15 is 0 Å². The van der Waals surface area contributed by atoms with E-state index in [1.54, 1.807) is 0 Å². The number of rotatable bonds is 2. The van der Waals surface area contributed by atoms with Crippen LogP contribution in [0.25, 0.3) is 5.57 Å². The molecule has 0 unspecified atom stereocenters. The number of benzene rings is 2. The number of para-hydroxylation sites is 1. The summed E-state index contributed by atoms with van der Waals surface area (Å²) in [5.74, 6) is 0.940. The third kappa shape index (κ3) is 3.01. The molecular weight excluding hydrogens is 258 g/mol. The lowest BCUT2D eigenvalue weighted by molar-refractivity contribution is 0.307. The summed E-state index contributed by atoms with van der Waals surface area (Å²) in [5, 5.41) is 0. The molecule has 0 spiro atoms. The van der Waals surface area contributed by atoms with Crippen LogP contribution < -0.4 is 10.5 Å². The highest BCUT2D eigenvalue weighted by atomic mass is 16.5. The molecule has 0 atom stereocenters. The molecule has 2 aromatic rings. The van der Waals surface area contributed by atoms with E-state index in [1.165, 1.54) is 16.7 Å². The summed E-state index contributed by atoms with van der Waals surface area (Å²) in [6.07, 6.45) is 3.07. The molecule has 108 valence electrons. The van der Waals surface area contributed by atoms with E-state index in [2.05, 4.69) is 56.3 Å². The van der Waals surface area contributed by atoms with Crippen LogP contribution in [0.15, 0.2) is 54.6 Å². The van der Waals surface area contributed by atoms with Crippen LogP contribution in [-0.2, 0) is 6.61 Å². The van der Waals surface area contributed by atoms with Crippen molar-refractivity contribution in [3.8, 4) is 5.75 Å². The van der Waals surface area contributed by atoms with Crippen molar-refractivity contribution in [3.63, 3.8) is 0 Å². The Hall–Kier alpha value is -2.06. The van der Waals surface area contributed by atoms with Crippen LogP contribution >= 0.6 is 0 Å². The van der Waals surface area contributed by atoms with Crippen molar-refractivity contribution in [3.05, 3.63) is 71.3 Å². The molecule has 1 aliphatic heterocycles. The summed E-state index contributed by atoms with van der Waals surface area (Å²) in [4.78, 5) is 0. The average Bonchev–Trinajstić information content (AvgIpc) is 2.61. The Morgan fingerprint density at radius 2 is 1.71 bits per heavy atom. The maximum atomic E-state index is 6.16. The maximum absolute atomic E-state index is 6.16. The van der Waals surface area contributed by atoms with E-state index in [0.717, 1.165) is 17.7 Å². The van der Waals surface area contributed by atoms with Gasteiger partial charge in [0.15, 0.2) is 0 Å². The van der Waals surface area contributed by atoms with Crippen molar-refractivity contribution in [1.29, 1.82) is 0 Å². The van der Waals surface area contributed by atoms with Gasteiger partial charge in [-0.2, -0.15) is 0 Å². The first kappa shape index (κ1) is 13.9. The SMILES string of the molecule is CC(C)(N)C/C=C1/c2ccccc2COc2ccccc21. The molecule has 3 rings (SSSR count). The van der Waals surface area contributed by atoms with Crippen molar-refractivity contribution in [2.75, 3.05) is 0 Å². The van der Waals surface area contributed by atoms with Crippen molar-refractivity contribution >= 4 is 5.57 Å². The lowest BCUT2D eigenvalue weighted by Crippen LogP contribution is -2.30. The van der Waals surface area contributed by atoms with Gasteiger partial charge < -0.3 is 10.5 Å². The van der Waals surface area contributed by atoms with E-state index in [1.807, 2.05) is 12.1 Å². The lowest BCUT2D eigenvalue weighted by Gasteiger charge is -2.17. The summed E-state index contributed by atoms with van der Waals surface area (Å²) in [5.41, 5.74) is 10.8. The number of hydrogen-bond donors (Lipinski definition) is 1. The first-order valence-electron chi connectivity index (χ1n) is 7.34. The molecule has 0 saturated heterocycles. The fourth-order valence-electron chi connectivity index (χ4n) is 2.61. The predicted molar refractivity (Wildman–Crippen MR) is 87.2 cm³/mol. The molecule has 21 heavy (non-hydrogen) atoms. The van der Waals surface area contributed by atoms with E-state index in [0.29, 0.717) is 6.61 Å². The predicted octanol–water partition coefficient (Wildman–Crippen LogP) is 4.14. The standard InChI is InChI=1S/C19H21NO/c1-19(2,20)12-11-16-15-8-4-3-7-14(15)13-21-18-10-6-5-9-17(16)18/h3-11H,12-13,20H2,1-2H3/b16-11-. The topological polar surface area (TPSA) is 35.2 Å². The fraction of sp³-hybridized carbons (Fsp3) is 0.263. The Bertz CT molecular complexity index is 630. The molecule has 1 heterocycles. The molecule has 0 aromatic heterocycles. The second kappa shape index (κ2) is 5.38. The van der Waals surface area contributed by atoms with E-state index in [9.17, 15) is 0 Å². The highest BCUT2D eigenvalue weighted by molar-refractivity contribution is 5.84. The van der Waals surface area contributed by atoms with Crippen LogP contribution in [0.5, 0.6) is 5.75 Å². The van der Waals surface area contributed by atoms with Gasteiger partial charge in [0.25, 0.3) is 0 Å². The second-order valence-corrected chi connectivity index (χ2v) is 6.25. The molecule has 2 aromatic carbocycles. The normalized spacial score (nSPS) is 15.9. The minimum absolute atomic E-state index is 0.218. The molecule has 0 saturated carbocycles. The minimum atomic E-state index is -0.218. The molecule has 2 N–H and O–H groups in total. The van der Waals surface area contributed by atoms with E-state index in [-0.39, 0.29) is 5.54 Å². The zero-order valence-corrected chi connectivity index (χ0v) is 12.6. The highest BCUT2D eigenvalue weighted by Gasteiger charge is 2.19. The Labute approximate surface area is 126 Å². The van der Waals surface area contributed by atoms with Gasteiger partial charge in [-0.05, 0) is 43.0 Å². The van der Waals surface area contributed by atoms with Crippen LogP contribution in [0, 0.1) is 0 Å². The molecule has 2 nitrogen and oxygen atoms in total. The zero-order valence-electron chi connectivity index (χ0n) is 12.6. The van der Waals surface area contributed by atoms with Crippen LogP contribution in [0.3, 0.4) is 0 Å².